The molecule has 4 nitrogen and oxygen atoms in total. The van der Waals surface area contributed by atoms with Gasteiger partial charge in [-0.25, -0.2) is 0 Å². The molecule has 0 aliphatic heterocycles. The molecule has 114 valence electrons. The van der Waals surface area contributed by atoms with Crippen molar-refractivity contribution in [2.45, 2.75) is 13.8 Å². The Balaban J connectivity index is 2.46. The average Bonchev–Trinajstić information content (AvgIpc) is 2.95. The topological polar surface area (TPSA) is 52.6 Å². The highest BCUT2D eigenvalue weighted by atomic mass is 79.9. The lowest BCUT2D eigenvalue weighted by Crippen LogP contribution is -2.04. The van der Waals surface area contributed by atoms with Crippen molar-refractivity contribution in [1.82, 2.24) is 0 Å². The van der Waals surface area contributed by atoms with E-state index in [9.17, 15) is 9.59 Å². The van der Waals surface area contributed by atoms with Crippen molar-refractivity contribution in [2.24, 2.45) is 0 Å². The summed E-state index contributed by atoms with van der Waals surface area (Å²) in [5, 5.41) is 1.48. The van der Waals surface area contributed by atoms with Gasteiger partial charge in [-0.3, -0.25) is 9.59 Å². The molecule has 1 aromatic carbocycles. The van der Waals surface area contributed by atoms with Gasteiger partial charge < -0.3 is 9.47 Å². The molecule has 8 heteroatoms. The van der Waals surface area contributed by atoms with Crippen LogP contribution >= 0.6 is 54.5 Å². The fraction of sp³-hybridized carbons (Fsp3) is 0.143. The molecule has 0 aliphatic carbocycles. The molecule has 0 bridgehead atoms. The van der Waals surface area contributed by atoms with E-state index >= 15 is 0 Å². The van der Waals surface area contributed by atoms with Crippen LogP contribution in [-0.2, 0) is 9.59 Å². The number of carbonyl (C=O) groups is 2. The second kappa shape index (κ2) is 5.92. The van der Waals surface area contributed by atoms with Gasteiger partial charge in [0.1, 0.15) is 0 Å². The summed E-state index contributed by atoms with van der Waals surface area (Å²) in [6.45, 7) is 2.73. The van der Waals surface area contributed by atoms with Gasteiger partial charge in [-0.1, -0.05) is 0 Å². The second-order valence-corrected chi connectivity index (χ2v) is 9.30. The minimum Gasteiger partial charge on any atom is -0.424 e. The lowest BCUT2D eigenvalue weighted by Gasteiger charge is -2.09. The van der Waals surface area contributed by atoms with Gasteiger partial charge >= 0.3 is 11.9 Å². The maximum atomic E-state index is 11.5. The van der Waals surface area contributed by atoms with Crippen LogP contribution in [0.2, 0.25) is 0 Å². The summed E-state index contributed by atoms with van der Waals surface area (Å²) in [4.78, 5) is 22.9. The lowest BCUT2D eigenvalue weighted by atomic mass is 10.1. The molecule has 3 aromatic rings. The summed E-state index contributed by atoms with van der Waals surface area (Å²) in [5.74, 6) is 0.196. The van der Waals surface area contributed by atoms with Crippen LogP contribution < -0.4 is 9.47 Å². The van der Waals surface area contributed by atoms with Crippen LogP contribution in [0, 0.1) is 0 Å². The molecule has 0 radical (unpaired) electrons. The molecule has 22 heavy (non-hydrogen) atoms. The van der Waals surface area contributed by atoms with E-state index in [-0.39, 0.29) is 0 Å². The molecule has 0 fully saturated rings. The third-order valence-corrected chi connectivity index (χ3v) is 6.07. The van der Waals surface area contributed by atoms with Crippen LogP contribution in [-0.4, -0.2) is 11.9 Å². The van der Waals surface area contributed by atoms with Crippen molar-refractivity contribution in [2.75, 3.05) is 0 Å². The van der Waals surface area contributed by atoms with Crippen LogP contribution in [0.1, 0.15) is 13.8 Å². The Bertz CT molecular complexity index is 797. The number of thiophene rings is 2. The van der Waals surface area contributed by atoms with Crippen LogP contribution in [0.4, 0.5) is 0 Å². The molecule has 0 atom stereocenters. The maximum Gasteiger partial charge on any atom is 0.308 e. The Morgan fingerprint density at radius 1 is 0.864 bits per heavy atom. The highest BCUT2D eigenvalue weighted by Crippen LogP contribution is 2.51. The zero-order valence-electron chi connectivity index (χ0n) is 11.4. The minimum atomic E-state index is -0.394. The van der Waals surface area contributed by atoms with Gasteiger partial charge in [0, 0.05) is 24.6 Å². The molecule has 0 spiro atoms. The zero-order chi connectivity index (χ0) is 16.0. The van der Waals surface area contributed by atoms with E-state index in [2.05, 4.69) is 31.9 Å². The molecular weight excluding hydrogens is 456 g/mol. The van der Waals surface area contributed by atoms with Gasteiger partial charge in [0.2, 0.25) is 0 Å². The summed E-state index contributed by atoms with van der Waals surface area (Å²) < 4.78 is 14.1. The largest absolute Gasteiger partial charge is 0.424 e. The quantitative estimate of drug-likeness (QED) is 0.372. The first-order valence-electron chi connectivity index (χ1n) is 6.07. The van der Waals surface area contributed by atoms with E-state index in [1.165, 1.54) is 36.5 Å². The normalized spacial score (nSPS) is 11.1. The summed E-state index contributed by atoms with van der Waals surface area (Å²) in [5.41, 5.74) is 0. The Kier molecular flexibility index (Phi) is 4.28. The summed E-state index contributed by atoms with van der Waals surface area (Å²) in [6.07, 6.45) is 0. The zero-order valence-corrected chi connectivity index (χ0v) is 16.2. The molecule has 2 heterocycles. The van der Waals surface area contributed by atoms with Crippen LogP contribution in [0.15, 0.2) is 19.7 Å². The van der Waals surface area contributed by atoms with Crippen LogP contribution in [0.3, 0.4) is 0 Å². The first-order valence-corrected chi connectivity index (χ1v) is 9.29. The number of hydrogen-bond donors (Lipinski definition) is 0. The molecule has 0 aliphatic rings. The summed E-state index contributed by atoms with van der Waals surface area (Å²) in [6, 6.07) is 3.72. The molecule has 0 N–H and O–H groups in total. The number of ether oxygens (including phenoxy) is 2. The molecule has 0 amide bonds. The predicted octanol–water partition coefficient (Wildman–Crippen LogP) is 5.49. The SMILES string of the molecule is CC(=O)Oc1c2cc(Br)sc2c(OC(C)=O)c2cc(Br)sc12. The van der Waals surface area contributed by atoms with Gasteiger partial charge in [0.05, 0.1) is 17.0 Å². The molecule has 0 saturated carbocycles. The van der Waals surface area contributed by atoms with Crippen LogP contribution in [0.5, 0.6) is 11.5 Å². The van der Waals surface area contributed by atoms with Gasteiger partial charge in [-0.15, -0.1) is 22.7 Å². The van der Waals surface area contributed by atoms with E-state index in [0.29, 0.717) is 11.5 Å². The highest BCUT2D eigenvalue weighted by Gasteiger charge is 2.22. The third-order valence-electron chi connectivity index (χ3n) is 2.80. The number of halogens is 2. The Morgan fingerprint density at radius 3 is 1.55 bits per heavy atom. The Labute approximate surface area is 150 Å². The van der Waals surface area contributed by atoms with Gasteiger partial charge in [0.15, 0.2) is 11.5 Å². The van der Waals surface area contributed by atoms with Crippen molar-refractivity contribution in [3.63, 3.8) is 0 Å². The number of carbonyl (C=O) groups excluding carboxylic acids is 2. The number of esters is 2. The van der Waals surface area contributed by atoms with Crippen molar-refractivity contribution >= 4 is 86.6 Å². The van der Waals surface area contributed by atoms with Crippen molar-refractivity contribution in [1.29, 1.82) is 0 Å². The van der Waals surface area contributed by atoms with Gasteiger partial charge in [-0.2, -0.15) is 0 Å². The summed E-state index contributed by atoms with van der Waals surface area (Å²) >= 11 is 9.71. The van der Waals surface area contributed by atoms with E-state index in [1.54, 1.807) is 0 Å². The second-order valence-electron chi connectivity index (χ2n) is 4.43. The molecular formula is C14H8Br2O4S2. The minimum absolute atomic E-state index is 0.394. The van der Waals surface area contributed by atoms with Crippen LogP contribution in [0.25, 0.3) is 20.2 Å². The maximum absolute atomic E-state index is 11.5. The first-order chi connectivity index (χ1) is 10.4. The first kappa shape index (κ1) is 15.9. The Morgan fingerprint density at radius 2 is 1.23 bits per heavy atom. The average molecular weight is 464 g/mol. The predicted molar refractivity (Wildman–Crippen MR) is 95.2 cm³/mol. The van der Waals surface area contributed by atoms with E-state index < -0.39 is 11.9 Å². The molecule has 2 aromatic heterocycles. The number of fused-ring (bicyclic) bond motifs is 2. The van der Waals surface area contributed by atoms with E-state index in [4.69, 9.17) is 9.47 Å². The monoisotopic (exact) mass is 462 g/mol. The van der Waals surface area contributed by atoms with Crippen molar-refractivity contribution in [3.05, 3.63) is 19.7 Å². The number of benzene rings is 1. The fourth-order valence-corrected chi connectivity index (χ4v) is 5.32. The Hall–Kier alpha value is -0.960. The number of hydrogen-bond acceptors (Lipinski definition) is 6. The van der Waals surface area contributed by atoms with Gasteiger partial charge in [-0.05, 0) is 44.0 Å². The van der Waals surface area contributed by atoms with Crippen molar-refractivity contribution in [3.8, 4) is 11.5 Å². The smallest absolute Gasteiger partial charge is 0.308 e. The molecule has 0 saturated heterocycles. The molecule has 0 unspecified atom stereocenters. The molecule has 3 rings (SSSR count). The fourth-order valence-electron chi connectivity index (χ4n) is 2.13. The van der Waals surface area contributed by atoms with Crippen molar-refractivity contribution < 1.29 is 19.1 Å². The van der Waals surface area contributed by atoms with E-state index in [1.807, 2.05) is 12.1 Å². The van der Waals surface area contributed by atoms with Gasteiger partial charge in [0.25, 0.3) is 0 Å². The van der Waals surface area contributed by atoms with E-state index in [0.717, 1.165) is 27.7 Å². The standard InChI is InChI=1S/C14H8Br2O4S2/c1-5(17)19-11-7-3-9(15)22-14(7)12(20-6(2)18)8-4-10(16)21-13(8)11/h3-4H,1-2H3. The highest BCUT2D eigenvalue weighted by molar-refractivity contribution is 9.11. The third kappa shape index (κ3) is 2.80. The number of rotatable bonds is 2. The lowest BCUT2D eigenvalue weighted by molar-refractivity contribution is -0.132. The summed E-state index contributed by atoms with van der Waals surface area (Å²) in [7, 11) is 0.